The summed E-state index contributed by atoms with van der Waals surface area (Å²) in [6, 6.07) is -0.757. The number of amides is 2. The molecule has 0 bridgehead atoms. The molecule has 1 unspecified atom stereocenters. The lowest BCUT2D eigenvalue weighted by atomic mass is 10.2. The lowest BCUT2D eigenvalue weighted by Crippen LogP contribution is -2.45. The van der Waals surface area contributed by atoms with E-state index in [0.717, 1.165) is 0 Å². The van der Waals surface area contributed by atoms with Crippen molar-refractivity contribution in [3.8, 4) is 0 Å². The van der Waals surface area contributed by atoms with Gasteiger partial charge in [0, 0.05) is 0 Å². The van der Waals surface area contributed by atoms with E-state index < -0.39 is 29.6 Å². The molecule has 0 radical (unpaired) electrons. The lowest BCUT2D eigenvalue weighted by Gasteiger charge is -2.19. The molecule has 0 fully saturated rings. The summed E-state index contributed by atoms with van der Waals surface area (Å²) in [6.45, 7) is 8.31. The van der Waals surface area contributed by atoms with Gasteiger partial charge in [-0.3, -0.25) is 4.79 Å². The number of hydrogen-bond donors (Lipinski definition) is 2. The molecule has 0 heterocycles. The Kier molecular flexibility index (Phi) is 6.89. The monoisotopic (exact) mass is 274 g/mol. The fourth-order valence-electron chi connectivity index (χ4n) is 1.09. The molecule has 0 saturated heterocycles. The quantitative estimate of drug-likeness (QED) is 0.715. The number of esters is 1. The molecule has 0 aliphatic carbocycles. The van der Waals surface area contributed by atoms with Crippen molar-refractivity contribution in [2.24, 2.45) is 0 Å². The Balaban J connectivity index is 3.99. The normalized spacial score (nSPS) is 12.3. The van der Waals surface area contributed by atoms with E-state index in [9.17, 15) is 14.4 Å². The van der Waals surface area contributed by atoms with Crippen molar-refractivity contribution < 1.29 is 23.9 Å². The minimum Gasteiger partial charge on any atom is -0.464 e. The largest absolute Gasteiger partial charge is 0.464 e. The van der Waals surface area contributed by atoms with Crippen molar-refractivity contribution in [3.63, 3.8) is 0 Å². The summed E-state index contributed by atoms with van der Waals surface area (Å²) in [7, 11) is 0. The number of ether oxygens (including phenoxy) is 2. The van der Waals surface area contributed by atoms with Crippen molar-refractivity contribution in [2.75, 3.05) is 13.2 Å². The highest BCUT2D eigenvalue weighted by molar-refractivity contribution is 5.86. The highest BCUT2D eigenvalue weighted by Gasteiger charge is 2.19. The summed E-state index contributed by atoms with van der Waals surface area (Å²) in [5, 5.41) is 4.69. The van der Waals surface area contributed by atoms with Crippen molar-refractivity contribution >= 4 is 18.0 Å². The van der Waals surface area contributed by atoms with Crippen LogP contribution in [0.15, 0.2) is 0 Å². The highest BCUT2D eigenvalue weighted by Crippen LogP contribution is 2.05. The van der Waals surface area contributed by atoms with Crippen molar-refractivity contribution in [1.82, 2.24) is 10.6 Å². The summed E-state index contributed by atoms with van der Waals surface area (Å²) in [4.78, 5) is 34.0. The zero-order valence-corrected chi connectivity index (χ0v) is 12.0. The van der Waals surface area contributed by atoms with Crippen LogP contribution in [0, 0.1) is 0 Å². The van der Waals surface area contributed by atoms with Crippen LogP contribution in [0.4, 0.5) is 4.79 Å². The van der Waals surface area contributed by atoms with Crippen LogP contribution in [0.3, 0.4) is 0 Å². The fourth-order valence-corrected chi connectivity index (χ4v) is 1.09. The van der Waals surface area contributed by atoms with E-state index in [-0.39, 0.29) is 13.2 Å². The van der Waals surface area contributed by atoms with E-state index in [2.05, 4.69) is 10.6 Å². The summed E-state index contributed by atoms with van der Waals surface area (Å²) in [5.74, 6) is -1.01. The molecule has 19 heavy (non-hydrogen) atoms. The molecule has 7 nitrogen and oxygen atoms in total. The molecular weight excluding hydrogens is 252 g/mol. The van der Waals surface area contributed by atoms with Crippen LogP contribution in [0.5, 0.6) is 0 Å². The van der Waals surface area contributed by atoms with Crippen LogP contribution in [-0.2, 0) is 19.1 Å². The second-order valence-corrected chi connectivity index (χ2v) is 4.90. The Morgan fingerprint density at radius 2 is 1.79 bits per heavy atom. The third-order valence-electron chi connectivity index (χ3n) is 1.81. The summed E-state index contributed by atoms with van der Waals surface area (Å²) < 4.78 is 9.69. The van der Waals surface area contributed by atoms with Gasteiger partial charge >= 0.3 is 12.1 Å². The topological polar surface area (TPSA) is 93.7 Å². The molecule has 1 atom stereocenters. The molecule has 0 aromatic rings. The van der Waals surface area contributed by atoms with E-state index in [0.29, 0.717) is 0 Å². The minimum absolute atomic E-state index is 0.245. The molecule has 0 aromatic carbocycles. The average molecular weight is 274 g/mol. The van der Waals surface area contributed by atoms with E-state index in [1.54, 1.807) is 27.7 Å². The number of nitrogens with one attached hydrogen (secondary N) is 2. The van der Waals surface area contributed by atoms with Crippen LogP contribution in [0.25, 0.3) is 0 Å². The van der Waals surface area contributed by atoms with Gasteiger partial charge in [0.05, 0.1) is 6.61 Å². The van der Waals surface area contributed by atoms with E-state index in [4.69, 9.17) is 9.47 Å². The summed E-state index contributed by atoms with van der Waals surface area (Å²) in [5.41, 5.74) is -0.626. The molecule has 2 N–H and O–H groups in total. The summed E-state index contributed by atoms with van der Waals surface area (Å²) in [6.07, 6.45) is -0.688. The number of rotatable bonds is 5. The predicted octanol–water partition coefficient (Wildman–Crippen LogP) is 0.579. The molecule has 0 spiro atoms. The second-order valence-electron chi connectivity index (χ2n) is 4.90. The number of carbonyl (C=O) groups excluding carboxylic acids is 3. The highest BCUT2D eigenvalue weighted by atomic mass is 16.6. The SMILES string of the molecule is CCOC(=O)C(C)NC(=O)CNC(=O)OC(C)(C)C. The maximum atomic E-state index is 11.4. The predicted molar refractivity (Wildman–Crippen MR) is 68.5 cm³/mol. The van der Waals surface area contributed by atoms with Gasteiger partial charge in [-0.05, 0) is 34.6 Å². The van der Waals surface area contributed by atoms with Crippen molar-refractivity contribution in [1.29, 1.82) is 0 Å². The van der Waals surface area contributed by atoms with Gasteiger partial charge in [-0.25, -0.2) is 9.59 Å². The molecule has 7 heteroatoms. The van der Waals surface area contributed by atoms with E-state index in [1.165, 1.54) is 6.92 Å². The maximum absolute atomic E-state index is 11.4. The molecule has 0 rings (SSSR count). The average Bonchev–Trinajstić information content (AvgIpc) is 2.24. The van der Waals surface area contributed by atoms with E-state index >= 15 is 0 Å². The first kappa shape index (κ1) is 17.2. The van der Waals surface area contributed by atoms with Crippen LogP contribution in [-0.4, -0.2) is 42.8 Å². The van der Waals surface area contributed by atoms with Gasteiger partial charge in [-0.2, -0.15) is 0 Å². The smallest absolute Gasteiger partial charge is 0.408 e. The zero-order chi connectivity index (χ0) is 15.1. The molecule has 0 aliphatic rings. The van der Waals surface area contributed by atoms with E-state index in [1.807, 2.05) is 0 Å². The Morgan fingerprint density at radius 3 is 2.26 bits per heavy atom. The minimum atomic E-state index is -0.757. The molecule has 110 valence electrons. The first-order chi connectivity index (χ1) is 8.65. The Hall–Kier alpha value is -1.79. The molecule has 0 aromatic heterocycles. The van der Waals surface area contributed by atoms with Gasteiger partial charge in [-0.15, -0.1) is 0 Å². The molecule has 2 amide bonds. The van der Waals surface area contributed by atoms with Gasteiger partial charge in [0.2, 0.25) is 5.91 Å². The maximum Gasteiger partial charge on any atom is 0.408 e. The lowest BCUT2D eigenvalue weighted by molar-refractivity contribution is -0.146. The summed E-state index contributed by atoms with van der Waals surface area (Å²) >= 11 is 0. The van der Waals surface area contributed by atoms with Gasteiger partial charge < -0.3 is 20.1 Å². The van der Waals surface area contributed by atoms with Gasteiger partial charge in [0.15, 0.2) is 0 Å². The fraction of sp³-hybridized carbons (Fsp3) is 0.750. The Morgan fingerprint density at radius 1 is 1.21 bits per heavy atom. The first-order valence-electron chi connectivity index (χ1n) is 6.08. The van der Waals surface area contributed by atoms with Crippen LogP contribution < -0.4 is 10.6 Å². The first-order valence-corrected chi connectivity index (χ1v) is 6.08. The third kappa shape index (κ3) is 8.87. The van der Waals surface area contributed by atoms with Crippen LogP contribution in [0.1, 0.15) is 34.6 Å². The Bertz CT molecular complexity index is 336. The number of carbonyl (C=O) groups is 3. The second kappa shape index (κ2) is 7.60. The van der Waals surface area contributed by atoms with Gasteiger partial charge in [0.1, 0.15) is 18.2 Å². The van der Waals surface area contributed by atoms with Crippen LogP contribution in [0.2, 0.25) is 0 Å². The van der Waals surface area contributed by atoms with Crippen molar-refractivity contribution in [3.05, 3.63) is 0 Å². The standard InChI is InChI=1S/C12H22N2O5/c1-6-18-10(16)8(2)14-9(15)7-13-11(17)19-12(3,4)5/h8H,6-7H2,1-5H3,(H,13,17)(H,14,15). The number of hydrogen-bond acceptors (Lipinski definition) is 5. The molecule has 0 aliphatic heterocycles. The Labute approximate surface area is 113 Å². The number of alkyl carbamates (subject to hydrolysis) is 1. The third-order valence-corrected chi connectivity index (χ3v) is 1.81. The molecular formula is C12H22N2O5. The molecule has 0 saturated carbocycles. The van der Waals surface area contributed by atoms with Gasteiger partial charge in [-0.1, -0.05) is 0 Å². The van der Waals surface area contributed by atoms with Gasteiger partial charge in [0.25, 0.3) is 0 Å². The van der Waals surface area contributed by atoms with Crippen molar-refractivity contribution in [2.45, 2.75) is 46.3 Å². The zero-order valence-electron chi connectivity index (χ0n) is 12.0. The van der Waals surface area contributed by atoms with Crippen LogP contribution >= 0.6 is 0 Å².